The Morgan fingerprint density at radius 2 is 2.20 bits per heavy atom. The van der Waals surface area contributed by atoms with Crippen LogP contribution in [0.3, 0.4) is 0 Å². The van der Waals surface area contributed by atoms with Gasteiger partial charge in [0, 0.05) is 11.1 Å². The average Bonchev–Trinajstić information content (AvgIpc) is 2.17. The van der Waals surface area contributed by atoms with E-state index < -0.39 is 11.1 Å². The SMILES string of the molecule is Cc1c(C=O)cccc1C(=O)O[N+](=O)[O-]. The number of aldehydes is 1. The van der Waals surface area contributed by atoms with Crippen molar-refractivity contribution in [1.29, 1.82) is 0 Å². The van der Waals surface area contributed by atoms with Gasteiger partial charge in [-0.05, 0) is 18.6 Å². The van der Waals surface area contributed by atoms with Crippen molar-refractivity contribution in [2.24, 2.45) is 0 Å². The van der Waals surface area contributed by atoms with Crippen molar-refractivity contribution in [2.45, 2.75) is 6.92 Å². The van der Waals surface area contributed by atoms with Crippen molar-refractivity contribution in [3.63, 3.8) is 0 Å². The van der Waals surface area contributed by atoms with Crippen molar-refractivity contribution >= 4 is 12.3 Å². The molecule has 6 heteroatoms. The number of benzene rings is 1. The predicted octanol–water partition coefficient (Wildman–Crippen LogP) is 1.16. The van der Waals surface area contributed by atoms with Gasteiger partial charge >= 0.3 is 11.1 Å². The van der Waals surface area contributed by atoms with E-state index in [1.165, 1.54) is 25.1 Å². The summed E-state index contributed by atoms with van der Waals surface area (Å²) in [4.78, 5) is 35.4. The van der Waals surface area contributed by atoms with Gasteiger partial charge in [-0.1, -0.05) is 12.1 Å². The van der Waals surface area contributed by atoms with Gasteiger partial charge in [-0.25, -0.2) is 4.84 Å². The fourth-order valence-corrected chi connectivity index (χ4v) is 1.12. The van der Waals surface area contributed by atoms with Crippen LogP contribution in [0.2, 0.25) is 0 Å². The van der Waals surface area contributed by atoms with Crippen LogP contribution in [-0.4, -0.2) is 17.3 Å². The highest BCUT2D eigenvalue weighted by molar-refractivity contribution is 5.93. The molecule has 0 aliphatic heterocycles. The van der Waals surface area contributed by atoms with E-state index in [1.54, 1.807) is 0 Å². The van der Waals surface area contributed by atoms with Crippen LogP contribution in [0.4, 0.5) is 0 Å². The van der Waals surface area contributed by atoms with Gasteiger partial charge in [0.15, 0.2) is 0 Å². The van der Waals surface area contributed by atoms with Crippen LogP contribution < -0.4 is 0 Å². The summed E-state index contributed by atoms with van der Waals surface area (Å²) in [6.45, 7) is 1.51. The summed E-state index contributed by atoms with van der Waals surface area (Å²) in [7, 11) is 0. The molecule has 0 spiro atoms. The maximum absolute atomic E-state index is 11.2. The maximum Gasteiger partial charge on any atom is 0.334 e. The lowest BCUT2D eigenvalue weighted by molar-refractivity contribution is -0.727. The normalized spacial score (nSPS) is 9.40. The minimum Gasteiger partial charge on any atom is -0.298 e. The van der Waals surface area contributed by atoms with Gasteiger partial charge in [0.05, 0.1) is 0 Å². The fraction of sp³-hybridized carbons (Fsp3) is 0.111. The number of rotatable bonds is 3. The molecule has 1 aromatic rings. The minimum atomic E-state index is -1.19. The maximum atomic E-state index is 11.2. The van der Waals surface area contributed by atoms with Gasteiger partial charge in [-0.2, -0.15) is 0 Å². The van der Waals surface area contributed by atoms with Gasteiger partial charge in [-0.15, -0.1) is 10.1 Å². The number of carbonyl (C=O) groups is 2. The van der Waals surface area contributed by atoms with E-state index in [0.29, 0.717) is 17.4 Å². The van der Waals surface area contributed by atoms with Crippen molar-refractivity contribution < 1.29 is 19.5 Å². The molecule has 0 aliphatic carbocycles. The molecule has 0 unspecified atom stereocenters. The molecule has 78 valence electrons. The first-order chi connectivity index (χ1) is 7.06. The van der Waals surface area contributed by atoms with E-state index in [0.717, 1.165) is 0 Å². The van der Waals surface area contributed by atoms with Crippen molar-refractivity contribution in [1.82, 2.24) is 0 Å². The van der Waals surface area contributed by atoms with Crippen molar-refractivity contribution in [3.8, 4) is 0 Å². The Hall–Kier alpha value is -2.24. The van der Waals surface area contributed by atoms with E-state index in [4.69, 9.17) is 0 Å². The fourth-order valence-electron chi connectivity index (χ4n) is 1.12. The van der Waals surface area contributed by atoms with Crippen LogP contribution in [0.5, 0.6) is 0 Å². The third kappa shape index (κ3) is 2.37. The Labute approximate surface area is 84.6 Å². The summed E-state index contributed by atoms with van der Waals surface area (Å²) in [5.74, 6) is -1.08. The van der Waals surface area contributed by atoms with E-state index in [2.05, 4.69) is 4.84 Å². The zero-order valence-electron chi connectivity index (χ0n) is 7.80. The lowest BCUT2D eigenvalue weighted by atomic mass is 10.0. The van der Waals surface area contributed by atoms with E-state index in [-0.39, 0.29) is 5.56 Å². The number of nitrogens with zero attached hydrogens (tertiary/aromatic N) is 1. The lowest BCUT2D eigenvalue weighted by Gasteiger charge is -2.04. The zero-order valence-corrected chi connectivity index (χ0v) is 7.80. The van der Waals surface area contributed by atoms with E-state index in [1.807, 2.05) is 0 Å². The summed E-state index contributed by atoms with van der Waals surface area (Å²) in [5.41, 5.74) is 0.670. The summed E-state index contributed by atoms with van der Waals surface area (Å²) in [6.07, 6.45) is 0.568. The van der Waals surface area contributed by atoms with Gasteiger partial charge in [0.1, 0.15) is 6.29 Å². The second kappa shape index (κ2) is 4.32. The Bertz CT molecular complexity index is 427. The van der Waals surface area contributed by atoms with Crippen molar-refractivity contribution in [2.75, 3.05) is 0 Å². The minimum absolute atomic E-state index is 0.0105. The van der Waals surface area contributed by atoms with Crippen LogP contribution in [0.25, 0.3) is 0 Å². The molecule has 0 aliphatic rings. The highest BCUT2D eigenvalue weighted by Crippen LogP contribution is 2.13. The molecule has 0 amide bonds. The van der Waals surface area contributed by atoms with Crippen LogP contribution in [0.1, 0.15) is 26.3 Å². The molecule has 6 nitrogen and oxygen atoms in total. The van der Waals surface area contributed by atoms with Crippen LogP contribution in [0.15, 0.2) is 18.2 Å². The summed E-state index contributed by atoms with van der Waals surface area (Å²) >= 11 is 0. The second-order valence-corrected chi connectivity index (χ2v) is 2.74. The molecular formula is C9H7NO5. The van der Waals surface area contributed by atoms with Gasteiger partial charge in [0.2, 0.25) is 0 Å². The van der Waals surface area contributed by atoms with Crippen LogP contribution in [-0.2, 0) is 4.84 Å². The molecule has 0 atom stereocenters. The molecule has 0 saturated carbocycles. The Morgan fingerprint density at radius 1 is 1.53 bits per heavy atom. The van der Waals surface area contributed by atoms with Crippen LogP contribution >= 0.6 is 0 Å². The van der Waals surface area contributed by atoms with Gasteiger partial charge < -0.3 is 0 Å². The molecule has 0 fully saturated rings. The summed E-state index contributed by atoms with van der Waals surface area (Å²) in [6, 6.07) is 4.31. The second-order valence-electron chi connectivity index (χ2n) is 2.74. The quantitative estimate of drug-likeness (QED) is 0.423. The largest absolute Gasteiger partial charge is 0.334 e. The average molecular weight is 209 g/mol. The number of hydrogen-bond donors (Lipinski definition) is 0. The first-order valence-corrected chi connectivity index (χ1v) is 3.97. The monoisotopic (exact) mass is 209 g/mol. The Kier molecular flexibility index (Phi) is 3.12. The molecular weight excluding hydrogens is 202 g/mol. The summed E-state index contributed by atoms with van der Waals surface area (Å²) in [5, 5.41) is 8.76. The predicted molar refractivity (Wildman–Crippen MR) is 49.0 cm³/mol. The number of carbonyl (C=O) groups excluding carboxylic acids is 2. The Morgan fingerprint density at radius 3 is 2.73 bits per heavy atom. The molecule has 0 radical (unpaired) electrons. The third-order valence-electron chi connectivity index (χ3n) is 1.88. The Balaban J connectivity index is 3.09. The molecule has 15 heavy (non-hydrogen) atoms. The smallest absolute Gasteiger partial charge is 0.298 e. The molecule has 0 heterocycles. The highest BCUT2D eigenvalue weighted by atomic mass is 17.0. The molecule has 0 N–H and O–H groups in total. The molecule has 0 saturated heterocycles. The zero-order chi connectivity index (χ0) is 11.4. The molecule has 0 aromatic heterocycles. The molecule has 1 aromatic carbocycles. The summed E-state index contributed by atoms with van der Waals surface area (Å²) < 4.78 is 0. The van der Waals surface area contributed by atoms with Gasteiger partial charge in [0.25, 0.3) is 0 Å². The van der Waals surface area contributed by atoms with E-state index >= 15 is 0 Å². The van der Waals surface area contributed by atoms with Crippen LogP contribution in [0, 0.1) is 17.0 Å². The standard InChI is InChI=1S/C9H7NO5/c1-6-7(5-11)3-2-4-8(6)9(12)15-10(13)14/h2-5H,1H3. The van der Waals surface area contributed by atoms with Gasteiger partial charge in [-0.3, -0.25) is 9.59 Å². The highest BCUT2D eigenvalue weighted by Gasteiger charge is 2.14. The molecule has 0 bridgehead atoms. The lowest BCUT2D eigenvalue weighted by Crippen LogP contribution is -2.12. The number of hydrogen-bond acceptors (Lipinski definition) is 5. The topological polar surface area (TPSA) is 86.5 Å². The van der Waals surface area contributed by atoms with Crippen molar-refractivity contribution in [3.05, 3.63) is 45.0 Å². The first kappa shape index (κ1) is 10.8. The first-order valence-electron chi connectivity index (χ1n) is 3.97. The van der Waals surface area contributed by atoms with E-state index in [9.17, 15) is 19.7 Å². The third-order valence-corrected chi connectivity index (χ3v) is 1.88. The molecule has 1 rings (SSSR count).